The third-order valence-corrected chi connectivity index (χ3v) is 6.87. The molecule has 35 heavy (non-hydrogen) atoms. The van der Waals surface area contributed by atoms with Crippen LogP contribution < -0.4 is 10.2 Å². The second-order valence-corrected chi connectivity index (χ2v) is 9.30. The molecule has 1 saturated carbocycles. The van der Waals surface area contributed by atoms with Gasteiger partial charge in [0.15, 0.2) is 5.82 Å². The first-order valence-electron chi connectivity index (χ1n) is 12.3. The summed E-state index contributed by atoms with van der Waals surface area (Å²) >= 11 is 0. The van der Waals surface area contributed by atoms with E-state index in [-0.39, 0.29) is 28.8 Å². The predicted molar refractivity (Wildman–Crippen MR) is 128 cm³/mol. The summed E-state index contributed by atoms with van der Waals surface area (Å²) in [6, 6.07) is 6.67. The number of carbonyl (C=O) groups is 2. The molecule has 2 aromatic rings. The lowest BCUT2D eigenvalue weighted by atomic mass is 9.89. The van der Waals surface area contributed by atoms with Crippen LogP contribution in [0.4, 0.5) is 11.4 Å². The molecule has 1 N–H and O–H groups in total. The number of rotatable bonds is 7. The molecule has 0 unspecified atom stereocenters. The maximum absolute atomic E-state index is 12.8. The van der Waals surface area contributed by atoms with Gasteiger partial charge >= 0.3 is 0 Å². The molecule has 1 aliphatic heterocycles. The minimum atomic E-state index is -0.607. The van der Waals surface area contributed by atoms with E-state index >= 15 is 0 Å². The molecule has 11 nitrogen and oxygen atoms in total. The van der Waals surface area contributed by atoms with Crippen LogP contribution in [-0.2, 0) is 21.5 Å². The van der Waals surface area contributed by atoms with Gasteiger partial charge in [0.05, 0.1) is 4.92 Å². The molecule has 11 heteroatoms. The largest absolute Gasteiger partial charge is 0.362 e. The van der Waals surface area contributed by atoms with Crippen LogP contribution in [0.1, 0.15) is 63.6 Å². The molecule has 188 valence electrons. The fraction of sp³-hybridized carbons (Fsp3) is 0.583. The predicted octanol–water partition coefficient (Wildman–Crippen LogP) is 2.94. The van der Waals surface area contributed by atoms with E-state index < -0.39 is 5.54 Å². The van der Waals surface area contributed by atoms with E-state index in [1.54, 1.807) is 23.1 Å². The molecule has 4 rings (SSSR count). The Morgan fingerprint density at radius 2 is 1.80 bits per heavy atom. The molecule has 2 amide bonds. The number of hydrogen-bond acceptors (Lipinski definition) is 8. The molecule has 1 aromatic carbocycles. The number of nitro benzene ring substituents is 1. The van der Waals surface area contributed by atoms with Crippen molar-refractivity contribution >= 4 is 23.2 Å². The van der Waals surface area contributed by atoms with Crippen molar-refractivity contribution in [3.8, 4) is 0 Å². The van der Waals surface area contributed by atoms with Gasteiger partial charge in [0.25, 0.3) is 5.69 Å². The van der Waals surface area contributed by atoms with Crippen LogP contribution in [0.15, 0.2) is 28.8 Å². The summed E-state index contributed by atoms with van der Waals surface area (Å²) in [4.78, 5) is 43.9. The van der Waals surface area contributed by atoms with Crippen molar-refractivity contribution in [3.05, 3.63) is 46.1 Å². The second kappa shape index (κ2) is 10.8. The quantitative estimate of drug-likeness (QED) is 0.360. The molecule has 0 bridgehead atoms. The number of nitrogens with zero attached hydrogens (tertiary/aromatic N) is 5. The molecule has 1 aliphatic carbocycles. The molecule has 2 aliphatic rings. The number of hydrogen-bond donors (Lipinski definition) is 1. The number of aromatic nitrogens is 2. The zero-order chi connectivity index (χ0) is 24.8. The van der Waals surface area contributed by atoms with Crippen LogP contribution in [0, 0.1) is 10.1 Å². The number of para-hydroxylation sites is 2. The molecule has 0 radical (unpaired) electrons. The van der Waals surface area contributed by atoms with Gasteiger partial charge in [-0.05, 0) is 18.9 Å². The van der Waals surface area contributed by atoms with E-state index in [0.29, 0.717) is 50.0 Å². The molecular weight excluding hydrogens is 452 g/mol. The van der Waals surface area contributed by atoms with Crippen molar-refractivity contribution in [2.24, 2.45) is 0 Å². The third kappa shape index (κ3) is 5.77. The van der Waals surface area contributed by atoms with Gasteiger partial charge in [0.1, 0.15) is 11.2 Å². The van der Waals surface area contributed by atoms with E-state index in [0.717, 1.165) is 38.5 Å². The van der Waals surface area contributed by atoms with Crippen LogP contribution in [0.25, 0.3) is 0 Å². The summed E-state index contributed by atoms with van der Waals surface area (Å²) in [5.74, 6) is 0.752. The zero-order valence-corrected chi connectivity index (χ0v) is 20.1. The Labute approximate surface area is 204 Å². The van der Waals surface area contributed by atoms with E-state index in [9.17, 15) is 19.7 Å². The van der Waals surface area contributed by atoms with Crippen LogP contribution in [0.2, 0.25) is 0 Å². The number of nitro groups is 1. The number of anilines is 1. The lowest BCUT2D eigenvalue weighted by molar-refractivity contribution is -0.384. The van der Waals surface area contributed by atoms with Crippen molar-refractivity contribution in [1.82, 2.24) is 20.4 Å². The molecule has 0 atom stereocenters. The summed E-state index contributed by atoms with van der Waals surface area (Å²) in [5, 5.41) is 18.6. The number of piperazine rings is 1. The molecule has 1 aromatic heterocycles. The standard InChI is InChI=1S/C24H32N6O5/c1-18(31)26-24(12-6-2-3-7-13-24)23-25-21(35-27-23)10-11-22(32)29-16-14-28(15-17-29)19-8-4-5-9-20(19)30(33)34/h4-5,8-9H,2-3,6-7,10-17H2,1H3,(H,26,31). The van der Waals surface area contributed by atoms with E-state index in [2.05, 4.69) is 15.5 Å². The monoisotopic (exact) mass is 484 g/mol. The lowest BCUT2D eigenvalue weighted by Crippen LogP contribution is -2.49. The lowest BCUT2D eigenvalue weighted by Gasteiger charge is -2.35. The smallest absolute Gasteiger partial charge is 0.292 e. The minimum Gasteiger partial charge on any atom is -0.362 e. The van der Waals surface area contributed by atoms with Crippen LogP contribution >= 0.6 is 0 Å². The van der Waals surface area contributed by atoms with Crippen LogP contribution in [-0.4, -0.2) is 58.0 Å². The fourth-order valence-corrected chi connectivity index (χ4v) is 5.08. The third-order valence-electron chi connectivity index (χ3n) is 6.87. The Hall–Kier alpha value is -3.50. The Kier molecular flexibility index (Phi) is 7.62. The van der Waals surface area contributed by atoms with Crippen molar-refractivity contribution < 1.29 is 19.0 Å². The summed E-state index contributed by atoms with van der Waals surface area (Å²) in [7, 11) is 0. The van der Waals surface area contributed by atoms with Gasteiger partial charge in [-0.25, -0.2) is 0 Å². The normalized spacial score (nSPS) is 18.1. The number of amides is 2. The van der Waals surface area contributed by atoms with E-state index in [4.69, 9.17) is 4.52 Å². The van der Waals surface area contributed by atoms with E-state index in [1.165, 1.54) is 13.0 Å². The second-order valence-electron chi connectivity index (χ2n) is 9.30. The minimum absolute atomic E-state index is 0.0157. The Balaban J connectivity index is 1.33. The van der Waals surface area contributed by atoms with Crippen molar-refractivity contribution in [1.29, 1.82) is 0 Å². The van der Waals surface area contributed by atoms with Crippen molar-refractivity contribution in [2.75, 3.05) is 31.1 Å². The first-order chi connectivity index (χ1) is 16.9. The number of nitrogens with one attached hydrogen (secondary N) is 1. The zero-order valence-electron chi connectivity index (χ0n) is 20.1. The highest BCUT2D eigenvalue weighted by molar-refractivity contribution is 5.77. The van der Waals surface area contributed by atoms with Crippen LogP contribution in [0.5, 0.6) is 0 Å². The van der Waals surface area contributed by atoms with Gasteiger partial charge in [-0.2, -0.15) is 4.98 Å². The fourth-order valence-electron chi connectivity index (χ4n) is 5.08. The van der Waals surface area contributed by atoms with E-state index in [1.807, 2.05) is 4.90 Å². The molecule has 1 saturated heterocycles. The number of benzene rings is 1. The topological polar surface area (TPSA) is 135 Å². The Bertz CT molecular complexity index is 1050. The van der Waals surface area contributed by atoms with Gasteiger partial charge in [-0.3, -0.25) is 19.7 Å². The molecule has 2 fully saturated rings. The van der Waals surface area contributed by atoms with Gasteiger partial charge < -0.3 is 19.6 Å². The molecular formula is C24H32N6O5. The van der Waals surface area contributed by atoms with Gasteiger partial charge in [-0.15, -0.1) is 0 Å². The number of carbonyl (C=O) groups excluding carboxylic acids is 2. The average molecular weight is 485 g/mol. The summed E-state index contributed by atoms with van der Waals surface area (Å²) in [5.41, 5.74) is 0.0459. The summed E-state index contributed by atoms with van der Waals surface area (Å²) in [6.07, 6.45) is 6.31. The summed E-state index contributed by atoms with van der Waals surface area (Å²) in [6.45, 7) is 3.54. The first kappa shape index (κ1) is 24.6. The average Bonchev–Trinajstić information content (AvgIpc) is 3.22. The Morgan fingerprint density at radius 1 is 1.11 bits per heavy atom. The number of aryl methyl sites for hydroxylation is 1. The van der Waals surface area contributed by atoms with Gasteiger partial charge in [-0.1, -0.05) is 43.0 Å². The SMILES string of the molecule is CC(=O)NC1(c2noc(CCC(=O)N3CCN(c4ccccc4[N+](=O)[O-])CC3)n2)CCCCCC1. The first-order valence-corrected chi connectivity index (χ1v) is 12.3. The maximum Gasteiger partial charge on any atom is 0.292 e. The summed E-state index contributed by atoms with van der Waals surface area (Å²) < 4.78 is 5.46. The molecule has 2 heterocycles. The van der Waals surface area contributed by atoms with Crippen molar-refractivity contribution in [3.63, 3.8) is 0 Å². The Morgan fingerprint density at radius 3 is 2.46 bits per heavy atom. The highest BCUT2D eigenvalue weighted by atomic mass is 16.6. The highest BCUT2D eigenvalue weighted by Crippen LogP contribution is 2.34. The van der Waals surface area contributed by atoms with Gasteiger partial charge in [0.2, 0.25) is 17.7 Å². The molecule has 0 spiro atoms. The van der Waals surface area contributed by atoms with Crippen LogP contribution in [0.3, 0.4) is 0 Å². The van der Waals surface area contributed by atoms with Crippen molar-refractivity contribution in [2.45, 2.75) is 63.8 Å². The highest BCUT2D eigenvalue weighted by Gasteiger charge is 2.38. The van der Waals surface area contributed by atoms with Gasteiger partial charge in [0, 0.05) is 52.0 Å². The maximum atomic E-state index is 12.8.